The molecule has 6 nitrogen and oxygen atoms in total. The van der Waals surface area contributed by atoms with Crippen LogP contribution in [0.1, 0.15) is 35.7 Å². The lowest BCUT2D eigenvalue weighted by atomic mass is 9.97. The molecule has 0 spiro atoms. The highest BCUT2D eigenvalue weighted by atomic mass is 32.1. The minimum atomic E-state index is -0.357. The first-order chi connectivity index (χ1) is 14.5. The Balaban J connectivity index is 1.41. The van der Waals surface area contributed by atoms with E-state index in [2.05, 4.69) is 35.3 Å². The van der Waals surface area contributed by atoms with Crippen LogP contribution in [0.5, 0.6) is 0 Å². The highest BCUT2D eigenvalue weighted by molar-refractivity contribution is 7.22. The Bertz CT molecular complexity index is 1060. The number of rotatable bonds is 5. The van der Waals surface area contributed by atoms with E-state index in [0.717, 1.165) is 30.0 Å². The quantitative estimate of drug-likeness (QED) is 0.606. The lowest BCUT2D eigenvalue weighted by Gasteiger charge is -2.31. The molecule has 1 saturated heterocycles. The van der Waals surface area contributed by atoms with E-state index in [1.165, 1.54) is 10.3 Å². The lowest BCUT2D eigenvalue weighted by molar-refractivity contribution is -0.120. The van der Waals surface area contributed by atoms with E-state index in [4.69, 9.17) is 9.72 Å². The minimum absolute atomic E-state index is 0.000500. The summed E-state index contributed by atoms with van der Waals surface area (Å²) in [6.07, 6.45) is 1.81. The first-order valence-electron chi connectivity index (χ1n) is 10.2. The molecule has 0 radical (unpaired) electrons. The van der Waals surface area contributed by atoms with Gasteiger partial charge in [-0.1, -0.05) is 17.4 Å². The van der Waals surface area contributed by atoms with Gasteiger partial charge in [0, 0.05) is 18.8 Å². The molecule has 0 bridgehead atoms. The number of benzene rings is 2. The second-order valence-corrected chi connectivity index (χ2v) is 8.55. The number of piperidine rings is 1. The van der Waals surface area contributed by atoms with Crippen LogP contribution in [0.3, 0.4) is 0 Å². The molecular formula is C23H25N3O3S. The summed E-state index contributed by atoms with van der Waals surface area (Å²) in [6, 6.07) is 13.1. The Morgan fingerprint density at radius 3 is 2.80 bits per heavy atom. The largest absolute Gasteiger partial charge is 0.462 e. The molecule has 2 aromatic carbocycles. The second-order valence-electron chi connectivity index (χ2n) is 7.54. The molecule has 1 atom stereocenters. The predicted molar refractivity (Wildman–Crippen MR) is 120 cm³/mol. The number of thiazole rings is 1. The smallest absolute Gasteiger partial charge is 0.338 e. The molecule has 1 aliphatic heterocycles. The molecule has 1 fully saturated rings. The van der Waals surface area contributed by atoms with Crippen molar-refractivity contribution in [2.75, 3.05) is 29.9 Å². The Morgan fingerprint density at radius 1 is 1.23 bits per heavy atom. The number of amides is 1. The zero-order valence-corrected chi connectivity index (χ0v) is 18.0. The highest BCUT2D eigenvalue weighted by Gasteiger charge is 2.27. The number of ether oxygens (including phenoxy) is 1. The maximum absolute atomic E-state index is 12.8. The van der Waals surface area contributed by atoms with Gasteiger partial charge in [0.05, 0.1) is 28.3 Å². The molecule has 3 aromatic rings. The molecule has 156 valence electrons. The molecule has 0 saturated carbocycles. The van der Waals surface area contributed by atoms with Gasteiger partial charge in [-0.2, -0.15) is 0 Å². The third-order valence-electron chi connectivity index (χ3n) is 5.26. The monoisotopic (exact) mass is 423 g/mol. The maximum atomic E-state index is 12.8. The SMILES string of the molecule is CCOC(=O)c1ccc(NC(=O)C2CCCN(c3nc4ccc(C)cc4s3)C2)cc1. The summed E-state index contributed by atoms with van der Waals surface area (Å²) in [4.78, 5) is 31.6. The van der Waals surface area contributed by atoms with Crippen molar-refractivity contribution in [1.29, 1.82) is 0 Å². The van der Waals surface area contributed by atoms with Crippen LogP contribution in [0, 0.1) is 12.8 Å². The van der Waals surface area contributed by atoms with E-state index in [1.807, 2.05) is 0 Å². The van der Waals surface area contributed by atoms with Crippen LogP contribution in [0.2, 0.25) is 0 Å². The minimum Gasteiger partial charge on any atom is -0.462 e. The molecule has 2 heterocycles. The number of hydrogen-bond acceptors (Lipinski definition) is 6. The van der Waals surface area contributed by atoms with Crippen LogP contribution in [-0.4, -0.2) is 36.6 Å². The van der Waals surface area contributed by atoms with Gasteiger partial charge in [-0.25, -0.2) is 9.78 Å². The number of nitrogens with zero attached hydrogens (tertiary/aromatic N) is 2. The molecular weight excluding hydrogens is 398 g/mol. The van der Waals surface area contributed by atoms with Gasteiger partial charge in [-0.3, -0.25) is 4.79 Å². The van der Waals surface area contributed by atoms with Gasteiger partial charge in [0.25, 0.3) is 0 Å². The molecule has 1 N–H and O–H groups in total. The number of aromatic nitrogens is 1. The molecule has 1 aromatic heterocycles. The van der Waals surface area contributed by atoms with Crippen LogP contribution in [0.4, 0.5) is 10.8 Å². The van der Waals surface area contributed by atoms with E-state index < -0.39 is 0 Å². The van der Waals surface area contributed by atoms with Crippen molar-refractivity contribution < 1.29 is 14.3 Å². The average Bonchev–Trinajstić information content (AvgIpc) is 3.18. The van der Waals surface area contributed by atoms with Crippen LogP contribution >= 0.6 is 11.3 Å². The predicted octanol–water partition coefficient (Wildman–Crippen LogP) is 4.64. The molecule has 4 rings (SSSR count). The van der Waals surface area contributed by atoms with Gasteiger partial charge in [0.15, 0.2) is 5.13 Å². The van der Waals surface area contributed by atoms with Crippen LogP contribution in [0.15, 0.2) is 42.5 Å². The first-order valence-corrected chi connectivity index (χ1v) is 11.1. The number of carbonyl (C=O) groups is 2. The van der Waals surface area contributed by atoms with Gasteiger partial charge in [0.1, 0.15) is 0 Å². The number of carbonyl (C=O) groups excluding carboxylic acids is 2. The van der Waals surface area contributed by atoms with Gasteiger partial charge in [-0.05, 0) is 68.7 Å². The van der Waals surface area contributed by atoms with E-state index in [0.29, 0.717) is 24.4 Å². The highest BCUT2D eigenvalue weighted by Crippen LogP contribution is 2.32. The van der Waals surface area contributed by atoms with Crippen molar-refractivity contribution in [1.82, 2.24) is 4.98 Å². The summed E-state index contributed by atoms with van der Waals surface area (Å²) in [6.45, 7) is 5.76. The Labute approximate surface area is 179 Å². The fourth-order valence-corrected chi connectivity index (χ4v) is 4.77. The molecule has 1 aliphatic rings. The standard InChI is InChI=1S/C23H25N3O3S/c1-3-29-22(28)16-7-9-18(10-8-16)24-21(27)17-5-4-12-26(14-17)23-25-19-11-6-15(2)13-20(19)30-23/h6-11,13,17H,3-5,12,14H2,1-2H3,(H,24,27). The number of esters is 1. The van der Waals surface area contributed by atoms with Gasteiger partial charge in [-0.15, -0.1) is 0 Å². The van der Waals surface area contributed by atoms with Crippen molar-refractivity contribution in [2.24, 2.45) is 5.92 Å². The van der Waals surface area contributed by atoms with Crippen molar-refractivity contribution in [3.63, 3.8) is 0 Å². The Hall–Kier alpha value is -2.93. The van der Waals surface area contributed by atoms with Crippen molar-refractivity contribution in [2.45, 2.75) is 26.7 Å². The van der Waals surface area contributed by atoms with E-state index >= 15 is 0 Å². The summed E-state index contributed by atoms with van der Waals surface area (Å²) in [5.41, 5.74) is 3.39. The lowest BCUT2D eigenvalue weighted by Crippen LogP contribution is -2.40. The van der Waals surface area contributed by atoms with Crippen molar-refractivity contribution in [3.8, 4) is 0 Å². The number of hydrogen-bond donors (Lipinski definition) is 1. The summed E-state index contributed by atoms with van der Waals surface area (Å²) < 4.78 is 6.17. The summed E-state index contributed by atoms with van der Waals surface area (Å²) >= 11 is 1.68. The zero-order valence-electron chi connectivity index (χ0n) is 17.2. The average molecular weight is 424 g/mol. The topological polar surface area (TPSA) is 71.5 Å². The number of fused-ring (bicyclic) bond motifs is 1. The molecule has 30 heavy (non-hydrogen) atoms. The Kier molecular flexibility index (Phi) is 5.99. The van der Waals surface area contributed by atoms with Crippen molar-refractivity contribution >= 4 is 44.2 Å². The number of nitrogens with one attached hydrogen (secondary N) is 1. The second kappa shape index (κ2) is 8.83. The third-order valence-corrected chi connectivity index (χ3v) is 6.34. The van der Waals surface area contributed by atoms with Crippen LogP contribution in [-0.2, 0) is 9.53 Å². The Morgan fingerprint density at radius 2 is 2.03 bits per heavy atom. The maximum Gasteiger partial charge on any atom is 0.338 e. The van der Waals surface area contributed by atoms with E-state index in [9.17, 15) is 9.59 Å². The van der Waals surface area contributed by atoms with Gasteiger partial charge >= 0.3 is 5.97 Å². The summed E-state index contributed by atoms with van der Waals surface area (Å²) in [5.74, 6) is -0.456. The molecule has 1 amide bonds. The van der Waals surface area contributed by atoms with Crippen LogP contribution < -0.4 is 10.2 Å². The van der Waals surface area contributed by atoms with Crippen molar-refractivity contribution in [3.05, 3.63) is 53.6 Å². The zero-order chi connectivity index (χ0) is 21.1. The molecule has 1 unspecified atom stereocenters. The first kappa shape index (κ1) is 20.3. The summed E-state index contributed by atoms with van der Waals surface area (Å²) in [5, 5.41) is 3.96. The van der Waals surface area contributed by atoms with Gasteiger partial charge in [0.2, 0.25) is 5.91 Å². The van der Waals surface area contributed by atoms with Gasteiger partial charge < -0.3 is 15.0 Å². The van der Waals surface area contributed by atoms with E-state index in [1.54, 1.807) is 42.5 Å². The third kappa shape index (κ3) is 4.46. The molecule has 0 aliphatic carbocycles. The van der Waals surface area contributed by atoms with Crippen LogP contribution in [0.25, 0.3) is 10.2 Å². The summed E-state index contributed by atoms with van der Waals surface area (Å²) in [7, 11) is 0. The molecule has 7 heteroatoms. The fourth-order valence-electron chi connectivity index (χ4n) is 3.67. The van der Waals surface area contributed by atoms with E-state index in [-0.39, 0.29) is 17.8 Å². The number of aryl methyl sites for hydroxylation is 1. The fraction of sp³-hybridized carbons (Fsp3) is 0.348. The number of anilines is 2. The normalized spacial score (nSPS) is 16.5.